The zero-order chi connectivity index (χ0) is 12.3. The molecule has 0 aliphatic rings. The Morgan fingerprint density at radius 3 is 2.94 bits per heavy atom. The fraction of sp³-hybridized carbons (Fsp3) is 0.273. The molecule has 0 aliphatic carbocycles. The van der Waals surface area contributed by atoms with E-state index in [-0.39, 0.29) is 5.75 Å². The van der Waals surface area contributed by atoms with Gasteiger partial charge in [-0.2, -0.15) is 0 Å². The van der Waals surface area contributed by atoms with Crippen LogP contribution in [0.3, 0.4) is 0 Å². The predicted molar refractivity (Wildman–Crippen MR) is 72.4 cm³/mol. The van der Waals surface area contributed by atoms with Crippen molar-refractivity contribution in [1.29, 1.82) is 0 Å². The van der Waals surface area contributed by atoms with Gasteiger partial charge in [0, 0.05) is 16.6 Å². The first-order chi connectivity index (χ1) is 8.19. The van der Waals surface area contributed by atoms with Crippen LogP contribution in [0.1, 0.15) is 17.5 Å². The summed E-state index contributed by atoms with van der Waals surface area (Å²) in [7, 11) is 0. The van der Waals surface area contributed by atoms with Gasteiger partial charge in [0.2, 0.25) is 5.13 Å². The SMILES string of the molecule is CCc1nnc(NCc2cc(Br)ccc2O)s1. The van der Waals surface area contributed by atoms with Gasteiger partial charge in [0.25, 0.3) is 0 Å². The first-order valence-corrected chi connectivity index (χ1v) is 6.83. The summed E-state index contributed by atoms with van der Waals surface area (Å²) < 4.78 is 0.943. The number of hydrogen-bond donors (Lipinski definition) is 2. The van der Waals surface area contributed by atoms with Crippen molar-refractivity contribution in [2.45, 2.75) is 19.9 Å². The third kappa shape index (κ3) is 3.17. The van der Waals surface area contributed by atoms with Gasteiger partial charge in [0.05, 0.1) is 0 Å². The van der Waals surface area contributed by atoms with E-state index in [1.807, 2.05) is 13.0 Å². The predicted octanol–water partition coefficient (Wildman–Crippen LogP) is 3.18. The van der Waals surface area contributed by atoms with Crippen molar-refractivity contribution < 1.29 is 5.11 Å². The number of aromatic hydroxyl groups is 1. The lowest BCUT2D eigenvalue weighted by atomic mass is 10.2. The molecule has 0 aliphatic heterocycles. The maximum Gasteiger partial charge on any atom is 0.205 e. The molecule has 0 radical (unpaired) electrons. The maximum absolute atomic E-state index is 9.67. The molecule has 0 fully saturated rings. The van der Waals surface area contributed by atoms with Crippen LogP contribution in [0.15, 0.2) is 22.7 Å². The zero-order valence-corrected chi connectivity index (χ0v) is 11.7. The highest BCUT2D eigenvalue weighted by Crippen LogP contribution is 2.23. The summed E-state index contributed by atoms with van der Waals surface area (Å²) in [6, 6.07) is 5.35. The van der Waals surface area contributed by atoms with Crippen LogP contribution in [0.25, 0.3) is 0 Å². The van der Waals surface area contributed by atoms with E-state index in [2.05, 4.69) is 31.4 Å². The van der Waals surface area contributed by atoms with Gasteiger partial charge in [-0.25, -0.2) is 0 Å². The molecule has 0 spiro atoms. The molecule has 0 bridgehead atoms. The summed E-state index contributed by atoms with van der Waals surface area (Å²) in [6.45, 7) is 2.58. The molecule has 2 N–H and O–H groups in total. The number of nitrogens with one attached hydrogen (secondary N) is 1. The van der Waals surface area contributed by atoms with Crippen molar-refractivity contribution in [1.82, 2.24) is 10.2 Å². The van der Waals surface area contributed by atoms with Crippen LogP contribution >= 0.6 is 27.3 Å². The Morgan fingerprint density at radius 2 is 2.24 bits per heavy atom. The van der Waals surface area contributed by atoms with Crippen LogP contribution in [0, 0.1) is 0 Å². The van der Waals surface area contributed by atoms with Crippen molar-refractivity contribution in [2.24, 2.45) is 0 Å². The number of phenolic OH excluding ortho intramolecular Hbond substituents is 1. The van der Waals surface area contributed by atoms with E-state index in [0.717, 1.165) is 26.6 Å². The molecule has 0 atom stereocenters. The lowest BCUT2D eigenvalue weighted by molar-refractivity contribution is 0.469. The molecule has 1 aromatic heterocycles. The molecule has 4 nitrogen and oxygen atoms in total. The zero-order valence-electron chi connectivity index (χ0n) is 9.27. The van der Waals surface area contributed by atoms with Gasteiger partial charge in [-0.3, -0.25) is 0 Å². The van der Waals surface area contributed by atoms with E-state index in [9.17, 15) is 5.11 Å². The molecule has 0 saturated carbocycles. The topological polar surface area (TPSA) is 58.0 Å². The third-order valence-electron chi connectivity index (χ3n) is 2.24. The second-order valence-electron chi connectivity index (χ2n) is 3.48. The van der Waals surface area contributed by atoms with Gasteiger partial charge in [-0.1, -0.05) is 34.2 Å². The van der Waals surface area contributed by atoms with Crippen LogP contribution in [-0.2, 0) is 13.0 Å². The molecule has 17 heavy (non-hydrogen) atoms. The summed E-state index contributed by atoms with van der Waals surface area (Å²) >= 11 is 4.91. The molecule has 2 aromatic rings. The van der Waals surface area contributed by atoms with E-state index in [0.29, 0.717) is 6.54 Å². The molecule has 1 heterocycles. The smallest absolute Gasteiger partial charge is 0.205 e. The Bertz CT molecular complexity index is 515. The number of benzene rings is 1. The summed E-state index contributed by atoms with van der Waals surface area (Å²) in [5.74, 6) is 0.279. The monoisotopic (exact) mass is 313 g/mol. The normalized spacial score (nSPS) is 10.5. The number of halogens is 1. The van der Waals surface area contributed by atoms with Crippen molar-refractivity contribution in [3.05, 3.63) is 33.2 Å². The number of phenols is 1. The van der Waals surface area contributed by atoms with Crippen molar-refractivity contribution in [3.8, 4) is 5.75 Å². The summed E-state index contributed by atoms with van der Waals surface area (Å²) in [5.41, 5.74) is 0.827. The van der Waals surface area contributed by atoms with Crippen LogP contribution in [0.4, 0.5) is 5.13 Å². The Balaban J connectivity index is 2.04. The van der Waals surface area contributed by atoms with Crippen LogP contribution in [-0.4, -0.2) is 15.3 Å². The first-order valence-electron chi connectivity index (χ1n) is 5.22. The molecule has 0 unspecified atom stereocenters. The second-order valence-corrected chi connectivity index (χ2v) is 5.46. The Hall–Kier alpha value is -1.14. The fourth-order valence-electron chi connectivity index (χ4n) is 1.33. The molecular formula is C11H12BrN3OS. The molecule has 6 heteroatoms. The molecule has 2 rings (SSSR count). The highest BCUT2D eigenvalue weighted by molar-refractivity contribution is 9.10. The summed E-state index contributed by atoms with van der Waals surface area (Å²) in [5, 5.41) is 22.6. The van der Waals surface area contributed by atoms with E-state index in [1.54, 1.807) is 12.1 Å². The standard InChI is InChI=1S/C11H12BrN3OS/c1-2-10-14-15-11(17-10)13-6-7-5-8(12)3-4-9(7)16/h3-5,16H,2,6H2,1H3,(H,13,15). The van der Waals surface area contributed by atoms with Crippen molar-refractivity contribution >= 4 is 32.4 Å². The lowest BCUT2D eigenvalue weighted by Crippen LogP contribution is -1.99. The van der Waals surface area contributed by atoms with Gasteiger partial charge >= 0.3 is 0 Å². The van der Waals surface area contributed by atoms with Gasteiger partial charge in [0.1, 0.15) is 10.8 Å². The Labute approximate surface area is 112 Å². The van der Waals surface area contributed by atoms with E-state index < -0.39 is 0 Å². The average molecular weight is 314 g/mol. The molecular weight excluding hydrogens is 302 g/mol. The Morgan fingerprint density at radius 1 is 1.41 bits per heavy atom. The minimum Gasteiger partial charge on any atom is -0.508 e. The summed E-state index contributed by atoms with van der Waals surface area (Å²) in [4.78, 5) is 0. The molecule has 0 amide bonds. The van der Waals surface area contributed by atoms with Crippen molar-refractivity contribution in [2.75, 3.05) is 5.32 Å². The highest BCUT2D eigenvalue weighted by atomic mass is 79.9. The minimum absolute atomic E-state index is 0.279. The number of hydrogen-bond acceptors (Lipinski definition) is 5. The van der Waals surface area contributed by atoms with E-state index in [4.69, 9.17) is 0 Å². The second kappa shape index (κ2) is 5.46. The highest BCUT2D eigenvalue weighted by Gasteiger charge is 2.05. The molecule has 0 saturated heterocycles. The number of anilines is 1. The minimum atomic E-state index is 0.279. The van der Waals surface area contributed by atoms with Crippen molar-refractivity contribution in [3.63, 3.8) is 0 Å². The number of aryl methyl sites for hydroxylation is 1. The largest absolute Gasteiger partial charge is 0.508 e. The molecule has 90 valence electrons. The fourth-order valence-corrected chi connectivity index (χ4v) is 2.42. The molecule has 1 aromatic carbocycles. The van der Waals surface area contributed by atoms with Gasteiger partial charge in [-0.15, -0.1) is 10.2 Å². The summed E-state index contributed by atoms with van der Waals surface area (Å²) in [6.07, 6.45) is 0.890. The van der Waals surface area contributed by atoms with Gasteiger partial charge in [-0.05, 0) is 24.6 Å². The number of nitrogens with zero attached hydrogens (tertiary/aromatic N) is 2. The maximum atomic E-state index is 9.67. The van der Waals surface area contributed by atoms with Crippen LogP contribution < -0.4 is 5.32 Å². The van der Waals surface area contributed by atoms with E-state index in [1.165, 1.54) is 11.3 Å². The quantitative estimate of drug-likeness (QED) is 0.910. The van der Waals surface area contributed by atoms with Gasteiger partial charge in [0.15, 0.2) is 0 Å². The number of rotatable bonds is 4. The van der Waals surface area contributed by atoms with E-state index >= 15 is 0 Å². The third-order valence-corrected chi connectivity index (χ3v) is 3.76. The van der Waals surface area contributed by atoms with Crippen LogP contribution in [0.5, 0.6) is 5.75 Å². The average Bonchev–Trinajstić information content (AvgIpc) is 2.78. The Kier molecular flexibility index (Phi) is 3.96. The number of aromatic nitrogens is 2. The lowest BCUT2D eigenvalue weighted by Gasteiger charge is -2.05. The first kappa shape index (κ1) is 12.3. The van der Waals surface area contributed by atoms with Crippen LogP contribution in [0.2, 0.25) is 0 Å². The van der Waals surface area contributed by atoms with Gasteiger partial charge < -0.3 is 10.4 Å².